The highest BCUT2D eigenvalue weighted by atomic mass is 32.2. The van der Waals surface area contributed by atoms with E-state index < -0.39 is 10.0 Å². The van der Waals surface area contributed by atoms with Crippen molar-refractivity contribution in [2.24, 2.45) is 0 Å². The molecule has 9 heteroatoms. The highest BCUT2D eigenvalue weighted by Crippen LogP contribution is 2.24. The van der Waals surface area contributed by atoms with Crippen molar-refractivity contribution >= 4 is 27.0 Å². The summed E-state index contributed by atoms with van der Waals surface area (Å²) in [4.78, 5) is 29.7. The summed E-state index contributed by atoms with van der Waals surface area (Å²) in [7, 11) is -0.755. The zero-order valence-corrected chi connectivity index (χ0v) is 17.8. The number of nitrogens with zero attached hydrogens (tertiary/aromatic N) is 1. The summed E-state index contributed by atoms with van der Waals surface area (Å²) in [5, 5.41) is 2.89. The number of rotatable bonds is 5. The van der Waals surface area contributed by atoms with E-state index in [2.05, 4.69) is 15.3 Å². The first-order valence-corrected chi connectivity index (χ1v) is 10.5. The number of aryl methyl sites for hydroxylation is 1. The number of nitrogens with one attached hydrogen (secondary N) is 3. The number of hydrogen-bond acceptors (Lipinski definition) is 4. The van der Waals surface area contributed by atoms with Gasteiger partial charge in [0.15, 0.2) is 0 Å². The van der Waals surface area contributed by atoms with Crippen LogP contribution in [0, 0.1) is 13.8 Å². The number of aromatic amines is 2. The van der Waals surface area contributed by atoms with Crippen molar-refractivity contribution in [1.29, 1.82) is 0 Å². The second kappa shape index (κ2) is 7.49. The van der Waals surface area contributed by atoms with Gasteiger partial charge in [0.1, 0.15) is 0 Å². The quantitative estimate of drug-likeness (QED) is 0.591. The molecule has 3 aromatic rings. The van der Waals surface area contributed by atoms with Crippen LogP contribution < -0.4 is 11.0 Å². The predicted molar refractivity (Wildman–Crippen MR) is 112 cm³/mol. The van der Waals surface area contributed by atoms with Gasteiger partial charge in [-0.05, 0) is 61.7 Å². The molecule has 8 nitrogen and oxygen atoms in total. The van der Waals surface area contributed by atoms with Crippen molar-refractivity contribution in [3.05, 3.63) is 63.1 Å². The van der Waals surface area contributed by atoms with Crippen LogP contribution in [-0.2, 0) is 10.0 Å². The van der Waals surface area contributed by atoms with E-state index >= 15 is 0 Å². The molecule has 0 aliphatic rings. The fraction of sp³-hybridized carbons (Fsp3) is 0.300. The summed E-state index contributed by atoms with van der Waals surface area (Å²) >= 11 is 0. The van der Waals surface area contributed by atoms with Crippen LogP contribution in [0.5, 0.6) is 0 Å². The van der Waals surface area contributed by atoms with Crippen LogP contribution in [0.25, 0.3) is 11.0 Å². The van der Waals surface area contributed by atoms with Crippen LogP contribution in [0.2, 0.25) is 0 Å². The third-order valence-electron chi connectivity index (χ3n) is 5.03. The first kappa shape index (κ1) is 20.8. The number of aromatic nitrogens is 2. The van der Waals surface area contributed by atoms with Gasteiger partial charge < -0.3 is 15.3 Å². The smallest absolute Gasteiger partial charge is 0.323 e. The summed E-state index contributed by atoms with van der Waals surface area (Å²) < 4.78 is 26.4. The van der Waals surface area contributed by atoms with Crippen LogP contribution in [0.4, 0.5) is 0 Å². The molecule has 29 heavy (non-hydrogen) atoms. The predicted octanol–water partition coefficient (Wildman–Crippen LogP) is 2.21. The molecule has 0 aliphatic heterocycles. The number of carbonyl (C=O) groups excluding carboxylic acids is 1. The molecule has 2 aromatic carbocycles. The maximum atomic E-state index is 12.8. The van der Waals surface area contributed by atoms with Gasteiger partial charge in [-0.3, -0.25) is 4.79 Å². The lowest BCUT2D eigenvalue weighted by Gasteiger charge is -2.18. The molecular weight excluding hydrogens is 392 g/mol. The molecular formula is C20H24N4O4S. The lowest BCUT2D eigenvalue weighted by Crippen LogP contribution is -2.28. The van der Waals surface area contributed by atoms with Gasteiger partial charge in [-0.2, -0.15) is 0 Å². The Morgan fingerprint density at radius 3 is 2.38 bits per heavy atom. The Kier molecular flexibility index (Phi) is 5.38. The molecule has 0 saturated carbocycles. The van der Waals surface area contributed by atoms with Gasteiger partial charge in [-0.25, -0.2) is 17.5 Å². The van der Waals surface area contributed by atoms with E-state index in [-0.39, 0.29) is 28.1 Å². The topological polar surface area (TPSA) is 115 Å². The van der Waals surface area contributed by atoms with Crippen LogP contribution in [0.3, 0.4) is 0 Å². The van der Waals surface area contributed by atoms with Gasteiger partial charge in [-0.15, -0.1) is 0 Å². The van der Waals surface area contributed by atoms with Gasteiger partial charge in [-0.1, -0.05) is 6.07 Å². The van der Waals surface area contributed by atoms with Gasteiger partial charge in [0.05, 0.1) is 22.0 Å². The molecule has 0 fully saturated rings. The highest BCUT2D eigenvalue weighted by molar-refractivity contribution is 7.89. The molecule has 154 valence electrons. The number of amides is 1. The number of benzene rings is 2. The number of carbonyl (C=O) groups is 1. The molecule has 0 aliphatic carbocycles. The van der Waals surface area contributed by atoms with Crippen molar-refractivity contribution in [1.82, 2.24) is 19.6 Å². The third kappa shape index (κ3) is 3.96. The molecule has 1 aromatic heterocycles. The maximum absolute atomic E-state index is 12.8. The largest absolute Gasteiger partial charge is 0.346 e. The second-order valence-electron chi connectivity index (χ2n) is 7.28. The van der Waals surface area contributed by atoms with E-state index in [1.54, 1.807) is 32.0 Å². The summed E-state index contributed by atoms with van der Waals surface area (Å²) in [5.41, 5.74) is 3.47. The summed E-state index contributed by atoms with van der Waals surface area (Å²) in [6.45, 7) is 5.33. The van der Waals surface area contributed by atoms with Crippen LogP contribution in [-0.4, -0.2) is 42.7 Å². The average Bonchev–Trinajstić information content (AvgIpc) is 3.02. The Bertz CT molecular complexity index is 1260. The van der Waals surface area contributed by atoms with Crippen molar-refractivity contribution < 1.29 is 13.2 Å². The molecule has 3 rings (SSSR count). The van der Waals surface area contributed by atoms with E-state index in [1.165, 1.54) is 20.2 Å². The standard InChI is InChI=1S/C20H24N4O4S/c1-11-8-15(10-18(12(11)2)29(27,28)24(4)5)19(25)21-13(3)14-6-7-16-17(9-14)23-20(26)22-16/h6-10,13H,1-5H3,(H,21,25)(H2,22,23,26). The van der Waals surface area contributed by atoms with Gasteiger partial charge in [0, 0.05) is 19.7 Å². The fourth-order valence-corrected chi connectivity index (χ4v) is 4.32. The highest BCUT2D eigenvalue weighted by Gasteiger charge is 2.23. The minimum Gasteiger partial charge on any atom is -0.346 e. The first-order valence-electron chi connectivity index (χ1n) is 9.07. The zero-order valence-electron chi connectivity index (χ0n) is 17.0. The Labute approximate surface area is 169 Å². The number of H-pyrrole nitrogens is 2. The molecule has 0 saturated heterocycles. The Morgan fingerprint density at radius 1 is 1.07 bits per heavy atom. The lowest BCUT2D eigenvalue weighted by atomic mass is 10.0. The molecule has 0 radical (unpaired) electrons. The first-order chi connectivity index (χ1) is 13.5. The molecule has 1 unspecified atom stereocenters. The number of imidazole rings is 1. The monoisotopic (exact) mass is 416 g/mol. The molecule has 1 atom stereocenters. The van der Waals surface area contributed by atoms with E-state index in [0.29, 0.717) is 16.6 Å². The van der Waals surface area contributed by atoms with E-state index in [1.807, 2.05) is 13.0 Å². The number of sulfonamides is 1. The fourth-order valence-electron chi connectivity index (χ4n) is 3.11. The zero-order chi connectivity index (χ0) is 21.5. The summed E-state index contributed by atoms with van der Waals surface area (Å²) in [6, 6.07) is 8.12. The van der Waals surface area contributed by atoms with Crippen LogP contribution in [0.15, 0.2) is 40.0 Å². The summed E-state index contributed by atoms with van der Waals surface area (Å²) in [5.74, 6) is -0.376. The van der Waals surface area contributed by atoms with Gasteiger partial charge in [0.2, 0.25) is 10.0 Å². The number of hydrogen-bond donors (Lipinski definition) is 3. The van der Waals surface area contributed by atoms with Crippen LogP contribution >= 0.6 is 0 Å². The minimum absolute atomic E-state index is 0.117. The maximum Gasteiger partial charge on any atom is 0.323 e. The Balaban J connectivity index is 1.91. The third-order valence-corrected chi connectivity index (χ3v) is 6.97. The van der Waals surface area contributed by atoms with E-state index in [9.17, 15) is 18.0 Å². The van der Waals surface area contributed by atoms with Gasteiger partial charge in [0.25, 0.3) is 5.91 Å². The molecule has 1 amide bonds. The average molecular weight is 417 g/mol. The second-order valence-corrected chi connectivity index (χ2v) is 9.40. The van der Waals surface area contributed by atoms with Gasteiger partial charge >= 0.3 is 5.69 Å². The minimum atomic E-state index is -3.67. The Morgan fingerprint density at radius 2 is 1.72 bits per heavy atom. The SMILES string of the molecule is Cc1cc(C(=O)NC(C)c2ccc3[nH]c(=O)[nH]c3c2)cc(S(=O)(=O)N(C)C)c1C. The van der Waals surface area contributed by atoms with E-state index in [0.717, 1.165) is 15.4 Å². The van der Waals surface area contributed by atoms with Crippen LogP contribution in [0.1, 0.15) is 40.0 Å². The van der Waals surface area contributed by atoms with Crippen molar-refractivity contribution in [2.45, 2.75) is 31.7 Å². The molecule has 0 bridgehead atoms. The lowest BCUT2D eigenvalue weighted by molar-refractivity contribution is 0.0939. The van der Waals surface area contributed by atoms with Crippen molar-refractivity contribution in [3.63, 3.8) is 0 Å². The Hall–Kier alpha value is -2.91. The number of fused-ring (bicyclic) bond motifs is 1. The molecule has 3 N–H and O–H groups in total. The van der Waals surface area contributed by atoms with Crippen molar-refractivity contribution in [2.75, 3.05) is 14.1 Å². The van der Waals surface area contributed by atoms with Crippen molar-refractivity contribution in [3.8, 4) is 0 Å². The van der Waals surface area contributed by atoms with E-state index in [4.69, 9.17) is 0 Å². The normalized spacial score (nSPS) is 13.0. The molecule has 1 heterocycles. The summed E-state index contributed by atoms with van der Waals surface area (Å²) in [6.07, 6.45) is 0. The molecule has 0 spiro atoms.